The van der Waals surface area contributed by atoms with Gasteiger partial charge in [0.05, 0.1) is 18.1 Å². The van der Waals surface area contributed by atoms with Crippen LogP contribution in [0.5, 0.6) is 0 Å². The molecular formula is C44H64O5. The monoisotopic (exact) mass is 672 g/mol. The molecule has 8 aliphatic rings. The first-order valence-corrected chi connectivity index (χ1v) is 20.4. The summed E-state index contributed by atoms with van der Waals surface area (Å²) in [5.41, 5.74) is 3.20. The normalized spacial score (nSPS) is 55.2. The van der Waals surface area contributed by atoms with Crippen LogP contribution in [0.2, 0.25) is 0 Å². The van der Waals surface area contributed by atoms with Crippen molar-refractivity contribution in [3.8, 4) is 0 Å². The summed E-state index contributed by atoms with van der Waals surface area (Å²) in [5.74, 6) is 0.778. The molecule has 5 nitrogen and oxygen atoms in total. The van der Waals surface area contributed by atoms with Crippen LogP contribution in [0.25, 0.3) is 0 Å². The molecule has 7 saturated carbocycles. The first kappa shape index (κ1) is 33.4. The number of rotatable bonds is 6. The molecule has 49 heavy (non-hydrogen) atoms. The van der Waals surface area contributed by atoms with Crippen LogP contribution < -0.4 is 0 Å². The Balaban J connectivity index is 1.14. The minimum Gasteiger partial charge on any atom is -0.481 e. The maximum Gasteiger partial charge on any atom is 0.309 e. The van der Waals surface area contributed by atoms with Crippen molar-refractivity contribution < 1.29 is 24.5 Å². The van der Waals surface area contributed by atoms with Gasteiger partial charge in [-0.25, -0.2) is 0 Å². The number of ether oxygens (including phenoxy) is 2. The van der Waals surface area contributed by atoms with Gasteiger partial charge >= 0.3 is 5.97 Å². The van der Waals surface area contributed by atoms with Crippen molar-refractivity contribution in [2.45, 2.75) is 149 Å². The van der Waals surface area contributed by atoms with Gasteiger partial charge in [0, 0.05) is 24.9 Å². The van der Waals surface area contributed by atoms with E-state index in [0.29, 0.717) is 23.7 Å². The Morgan fingerprint density at radius 1 is 0.898 bits per heavy atom. The summed E-state index contributed by atoms with van der Waals surface area (Å²) < 4.78 is 12.4. The minimum absolute atomic E-state index is 0.0191. The summed E-state index contributed by atoms with van der Waals surface area (Å²) in [6.45, 7) is 13.3. The maximum absolute atomic E-state index is 12.8. The second-order valence-corrected chi connectivity index (χ2v) is 20.5. The molecule has 14 unspecified atom stereocenters. The quantitative estimate of drug-likeness (QED) is 0.315. The third-order valence-electron chi connectivity index (χ3n) is 19.6. The van der Waals surface area contributed by atoms with Crippen molar-refractivity contribution in [2.24, 2.45) is 67.5 Å². The summed E-state index contributed by atoms with van der Waals surface area (Å²) in [6.07, 6.45) is 18.1. The van der Waals surface area contributed by atoms with Crippen LogP contribution in [0.3, 0.4) is 0 Å². The fourth-order valence-corrected chi connectivity index (χ4v) is 17.2. The van der Waals surface area contributed by atoms with E-state index in [1.165, 1.54) is 68.9 Å². The van der Waals surface area contributed by atoms with E-state index in [1.54, 1.807) is 7.11 Å². The van der Waals surface area contributed by atoms with Crippen molar-refractivity contribution in [3.05, 3.63) is 35.4 Å². The zero-order valence-electron chi connectivity index (χ0n) is 31.4. The number of aliphatic carboxylic acids is 1. The summed E-state index contributed by atoms with van der Waals surface area (Å²) in [6, 6.07) is 9.15. The lowest BCUT2D eigenvalue weighted by Gasteiger charge is -2.85. The van der Waals surface area contributed by atoms with Crippen molar-refractivity contribution >= 4 is 5.97 Å². The Labute approximate surface area is 295 Å². The van der Waals surface area contributed by atoms with Crippen LogP contribution in [0.1, 0.15) is 136 Å². The molecule has 1 saturated heterocycles. The SMILES string of the molecule is COCCc1ccc(CC2OC3(O)CC4CCC5CC67CCCC8(CCC2(C3C)C4C58C)C6(C)CCC2(C)CCC(C)(C(=O)O)CC27)cc1. The molecule has 14 atom stereocenters. The molecule has 1 heterocycles. The molecule has 1 aliphatic heterocycles. The fourth-order valence-electron chi connectivity index (χ4n) is 17.2. The molecule has 270 valence electrons. The molecule has 5 heteroatoms. The van der Waals surface area contributed by atoms with Crippen molar-refractivity contribution in [2.75, 3.05) is 13.7 Å². The largest absolute Gasteiger partial charge is 0.481 e. The highest BCUT2D eigenvalue weighted by molar-refractivity contribution is 5.74. The van der Waals surface area contributed by atoms with Gasteiger partial charge in [-0.2, -0.15) is 0 Å². The molecule has 0 aromatic heterocycles. The molecule has 0 amide bonds. The van der Waals surface area contributed by atoms with Gasteiger partial charge in [0.25, 0.3) is 0 Å². The predicted octanol–water partition coefficient (Wildman–Crippen LogP) is 9.23. The molecule has 1 aromatic rings. The van der Waals surface area contributed by atoms with E-state index in [0.717, 1.165) is 51.6 Å². The Morgan fingerprint density at radius 2 is 1.63 bits per heavy atom. The number of carbonyl (C=O) groups is 1. The van der Waals surface area contributed by atoms with Gasteiger partial charge in [0.15, 0.2) is 5.79 Å². The van der Waals surface area contributed by atoms with Gasteiger partial charge in [-0.1, -0.05) is 58.4 Å². The Hall–Kier alpha value is -1.43. The van der Waals surface area contributed by atoms with Gasteiger partial charge in [-0.3, -0.25) is 4.79 Å². The standard InChI is InChI=1S/C44H64O5/c1-28-43-22-21-42-16-7-15-41(33-27-38(3,36(45)46)18-17-37(33,2)19-20-39(41,42)4)26-32-13-12-31(35(43)40(32,42)5)25-44(28,47)49-34(43)24-30-10-8-29(9-11-30)14-23-48-6/h8-11,28,31-35,47H,7,12-27H2,1-6H3,(H,45,46). The molecule has 1 aromatic carbocycles. The highest BCUT2D eigenvalue weighted by Crippen LogP contribution is 2.89. The molecule has 2 N–H and O–H groups in total. The third-order valence-corrected chi connectivity index (χ3v) is 19.6. The molecule has 8 fully saturated rings. The summed E-state index contributed by atoms with van der Waals surface area (Å²) in [5, 5.41) is 23.0. The van der Waals surface area contributed by atoms with Crippen LogP contribution in [-0.4, -0.2) is 41.8 Å². The van der Waals surface area contributed by atoms with Crippen molar-refractivity contribution in [1.82, 2.24) is 0 Å². The highest BCUT2D eigenvalue weighted by Gasteiger charge is 2.85. The predicted molar refractivity (Wildman–Crippen MR) is 191 cm³/mol. The van der Waals surface area contributed by atoms with Crippen LogP contribution in [0.4, 0.5) is 0 Å². The topological polar surface area (TPSA) is 76.0 Å². The number of aliphatic hydroxyl groups is 1. The van der Waals surface area contributed by atoms with E-state index in [1.807, 2.05) is 0 Å². The lowest BCUT2D eigenvalue weighted by Crippen LogP contribution is -2.79. The number of methoxy groups -OCH3 is 1. The average molecular weight is 673 g/mol. The number of hydrogen-bond donors (Lipinski definition) is 2. The van der Waals surface area contributed by atoms with Crippen molar-refractivity contribution in [1.29, 1.82) is 0 Å². The van der Waals surface area contributed by atoms with E-state index in [9.17, 15) is 15.0 Å². The Kier molecular flexibility index (Phi) is 7.07. The van der Waals surface area contributed by atoms with Gasteiger partial charge in [-0.05, 0) is 159 Å². The van der Waals surface area contributed by atoms with E-state index in [-0.39, 0.29) is 44.5 Å². The van der Waals surface area contributed by atoms with Crippen LogP contribution in [0, 0.1) is 67.5 Å². The Bertz CT molecular complexity index is 1520. The second kappa shape index (κ2) is 10.4. The van der Waals surface area contributed by atoms with Gasteiger partial charge < -0.3 is 19.7 Å². The molecule has 9 rings (SSSR count). The van der Waals surface area contributed by atoms with Gasteiger partial charge in [-0.15, -0.1) is 0 Å². The van der Waals surface area contributed by atoms with Gasteiger partial charge in [0.2, 0.25) is 0 Å². The Morgan fingerprint density at radius 3 is 2.37 bits per heavy atom. The number of fused-ring (bicyclic) bond motifs is 2. The number of carboxylic acids is 1. The number of benzene rings is 1. The lowest BCUT2D eigenvalue weighted by atomic mass is 9.19. The summed E-state index contributed by atoms with van der Waals surface area (Å²) in [7, 11) is 1.77. The first-order valence-electron chi connectivity index (χ1n) is 20.4. The fraction of sp³-hybridized carbons (Fsp3) is 0.841. The van der Waals surface area contributed by atoms with Crippen LogP contribution >= 0.6 is 0 Å². The van der Waals surface area contributed by atoms with E-state index < -0.39 is 17.2 Å². The number of carboxylic acid groups (broad SMARTS) is 1. The summed E-state index contributed by atoms with van der Waals surface area (Å²) in [4.78, 5) is 12.8. The molecule has 2 spiro atoms. The van der Waals surface area contributed by atoms with Gasteiger partial charge in [0.1, 0.15) is 0 Å². The van der Waals surface area contributed by atoms with E-state index in [4.69, 9.17) is 9.47 Å². The second-order valence-electron chi connectivity index (χ2n) is 20.5. The molecule has 4 bridgehead atoms. The lowest BCUT2D eigenvalue weighted by molar-refractivity contribution is -0.368. The third kappa shape index (κ3) is 3.82. The zero-order valence-corrected chi connectivity index (χ0v) is 31.4. The van der Waals surface area contributed by atoms with Crippen LogP contribution in [-0.2, 0) is 27.1 Å². The summed E-state index contributed by atoms with van der Waals surface area (Å²) >= 11 is 0. The first-order chi connectivity index (χ1) is 23.2. The molecule has 7 aliphatic carbocycles. The average Bonchev–Trinajstić information content (AvgIpc) is 3.18. The van der Waals surface area contributed by atoms with Crippen LogP contribution in [0.15, 0.2) is 24.3 Å². The maximum atomic E-state index is 12.8. The number of hydrogen-bond acceptors (Lipinski definition) is 4. The minimum atomic E-state index is -1.02. The van der Waals surface area contributed by atoms with E-state index in [2.05, 4.69) is 58.9 Å². The van der Waals surface area contributed by atoms with Crippen molar-refractivity contribution in [3.63, 3.8) is 0 Å². The van der Waals surface area contributed by atoms with E-state index >= 15 is 0 Å². The molecular weight excluding hydrogens is 608 g/mol. The zero-order chi connectivity index (χ0) is 34.5. The smallest absolute Gasteiger partial charge is 0.309 e. The highest BCUT2D eigenvalue weighted by atomic mass is 16.6. The molecule has 0 radical (unpaired) electrons.